The zero-order chi connectivity index (χ0) is 14.7. The van der Waals surface area contributed by atoms with Crippen LogP contribution in [-0.2, 0) is 6.54 Å². The lowest BCUT2D eigenvalue weighted by molar-refractivity contribution is 0.412. The van der Waals surface area contributed by atoms with Gasteiger partial charge >= 0.3 is 0 Å². The first-order valence-electron chi connectivity index (χ1n) is 6.68. The summed E-state index contributed by atoms with van der Waals surface area (Å²) in [6.45, 7) is 0.729. The molecular formula is C17H15BrN2O. The number of ether oxygens (including phenoxy) is 1. The molecule has 0 radical (unpaired) electrons. The third-order valence-corrected chi connectivity index (χ3v) is 3.97. The Bertz CT molecular complexity index is 768. The fraction of sp³-hybridized carbons (Fsp3) is 0.118. The van der Waals surface area contributed by atoms with E-state index in [1.807, 2.05) is 30.5 Å². The van der Waals surface area contributed by atoms with Crippen LogP contribution >= 0.6 is 15.9 Å². The van der Waals surface area contributed by atoms with Gasteiger partial charge in [0.2, 0.25) is 0 Å². The van der Waals surface area contributed by atoms with Crippen molar-refractivity contribution in [1.82, 2.24) is 4.98 Å². The maximum Gasteiger partial charge on any atom is 0.133 e. The number of aromatic nitrogens is 1. The average Bonchev–Trinajstić information content (AvgIpc) is 2.53. The highest BCUT2D eigenvalue weighted by atomic mass is 79.9. The average molecular weight is 343 g/mol. The fourth-order valence-corrected chi connectivity index (χ4v) is 2.82. The SMILES string of the molecule is COc1ccc(NCc2cccc3cccnc23)cc1Br. The molecule has 0 amide bonds. The summed E-state index contributed by atoms with van der Waals surface area (Å²) in [6.07, 6.45) is 1.83. The van der Waals surface area contributed by atoms with Gasteiger partial charge in [0.05, 0.1) is 17.1 Å². The number of halogens is 1. The van der Waals surface area contributed by atoms with Gasteiger partial charge < -0.3 is 10.1 Å². The Balaban J connectivity index is 1.82. The monoisotopic (exact) mass is 342 g/mol. The lowest BCUT2D eigenvalue weighted by Crippen LogP contribution is -2.01. The van der Waals surface area contributed by atoms with E-state index in [1.54, 1.807) is 7.11 Å². The van der Waals surface area contributed by atoms with Gasteiger partial charge in [0.15, 0.2) is 0 Å². The van der Waals surface area contributed by atoms with Crippen LogP contribution in [0, 0.1) is 0 Å². The zero-order valence-corrected chi connectivity index (χ0v) is 13.2. The molecule has 0 spiro atoms. The van der Waals surface area contributed by atoms with Crippen molar-refractivity contribution in [3.63, 3.8) is 0 Å². The molecule has 106 valence electrons. The molecule has 3 aromatic rings. The van der Waals surface area contributed by atoms with Crippen molar-refractivity contribution in [2.45, 2.75) is 6.54 Å². The van der Waals surface area contributed by atoms with Crippen LogP contribution in [0.15, 0.2) is 59.2 Å². The molecule has 0 bridgehead atoms. The number of hydrogen-bond donors (Lipinski definition) is 1. The summed E-state index contributed by atoms with van der Waals surface area (Å²) in [4.78, 5) is 4.47. The number of benzene rings is 2. The topological polar surface area (TPSA) is 34.1 Å². The van der Waals surface area contributed by atoms with Crippen molar-refractivity contribution in [3.8, 4) is 5.75 Å². The van der Waals surface area contributed by atoms with Crippen LogP contribution in [0.4, 0.5) is 5.69 Å². The molecule has 0 atom stereocenters. The van der Waals surface area contributed by atoms with Gasteiger partial charge in [0, 0.05) is 23.8 Å². The molecular weight excluding hydrogens is 328 g/mol. The summed E-state index contributed by atoms with van der Waals surface area (Å²) >= 11 is 3.50. The Morgan fingerprint density at radius 2 is 2.00 bits per heavy atom. The molecule has 0 aliphatic rings. The van der Waals surface area contributed by atoms with Gasteiger partial charge in [-0.25, -0.2) is 0 Å². The molecule has 4 heteroatoms. The Labute approximate surface area is 132 Å². The first kappa shape index (κ1) is 13.9. The quantitative estimate of drug-likeness (QED) is 0.751. The van der Waals surface area contributed by atoms with Gasteiger partial charge in [-0.15, -0.1) is 0 Å². The van der Waals surface area contributed by atoms with Crippen LogP contribution in [0.3, 0.4) is 0 Å². The maximum absolute atomic E-state index is 5.24. The number of rotatable bonds is 4. The van der Waals surface area contributed by atoms with E-state index in [-0.39, 0.29) is 0 Å². The molecule has 0 unspecified atom stereocenters. The molecule has 1 N–H and O–H groups in total. The second kappa shape index (κ2) is 6.14. The highest BCUT2D eigenvalue weighted by Crippen LogP contribution is 2.28. The first-order chi connectivity index (χ1) is 10.3. The number of pyridine rings is 1. The van der Waals surface area contributed by atoms with Crippen molar-refractivity contribution in [1.29, 1.82) is 0 Å². The van der Waals surface area contributed by atoms with E-state index in [4.69, 9.17) is 4.74 Å². The number of nitrogens with zero attached hydrogens (tertiary/aromatic N) is 1. The third-order valence-electron chi connectivity index (χ3n) is 3.35. The van der Waals surface area contributed by atoms with Crippen molar-refractivity contribution in [3.05, 3.63) is 64.8 Å². The van der Waals surface area contributed by atoms with Crippen LogP contribution in [0.25, 0.3) is 10.9 Å². The van der Waals surface area contributed by atoms with Gasteiger partial charge in [-0.05, 0) is 45.8 Å². The van der Waals surface area contributed by atoms with Crippen molar-refractivity contribution in [2.75, 3.05) is 12.4 Å². The lowest BCUT2D eigenvalue weighted by atomic mass is 10.1. The molecule has 3 rings (SSSR count). The molecule has 0 saturated heterocycles. The van der Waals surface area contributed by atoms with Crippen LogP contribution in [0.2, 0.25) is 0 Å². The van der Waals surface area contributed by atoms with E-state index in [2.05, 4.69) is 50.5 Å². The van der Waals surface area contributed by atoms with E-state index in [0.717, 1.165) is 33.4 Å². The smallest absolute Gasteiger partial charge is 0.133 e. The number of anilines is 1. The largest absolute Gasteiger partial charge is 0.496 e. The zero-order valence-electron chi connectivity index (χ0n) is 11.6. The highest BCUT2D eigenvalue weighted by molar-refractivity contribution is 9.10. The summed E-state index contributed by atoms with van der Waals surface area (Å²) < 4.78 is 6.17. The van der Waals surface area contributed by atoms with E-state index >= 15 is 0 Å². The molecule has 1 heterocycles. The standard InChI is InChI=1S/C17H15BrN2O/c1-21-16-8-7-14(10-15(16)18)20-11-13-5-2-4-12-6-3-9-19-17(12)13/h2-10,20H,11H2,1H3. The van der Waals surface area contributed by atoms with E-state index in [1.165, 1.54) is 5.56 Å². The minimum Gasteiger partial charge on any atom is -0.496 e. The van der Waals surface area contributed by atoms with Crippen LogP contribution in [0.1, 0.15) is 5.56 Å². The lowest BCUT2D eigenvalue weighted by Gasteiger charge is -2.10. The Kier molecular flexibility index (Phi) is 4.06. The minimum absolute atomic E-state index is 0.729. The minimum atomic E-state index is 0.729. The molecule has 2 aromatic carbocycles. The van der Waals surface area contributed by atoms with Crippen molar-refractivity contribution < 1.29 is 4.74 Å². The fourth-order valence-electron chi connectivity index (χ4n) is 2.28. The maximum atomic E-state index is 5.24. The van der Waals surface area contributed by atoms with Crippen LogP contribution < -0.4 is 10.1 Å². The van der Waals surface area contributed by atoms with Crippen LogP contribution in [0.5, 0.6) is 5.75 Å². The summed E-state index contributed by atoms with van der Waals surface area (Å²) in [5, 5.41) is 4.58. The summed E-state index contributed by atoms with van der Waals surface area (Å²) in [6, 6.07) is 16.2. The first-order valence-corrected chi connectivity index (χ1v) is 7.47. The molecule has 0 aliphatic heterocycles. The van der Waals surface area contributed by atoms with Gasteiger partial charge in [-0.3, -0.25) is 4.98 Å². The number of para-hydroxylation sites is 1. The second-order valence-electron chi connectivity index (χ2n) is 4.70. The number of fused-ring (bicyclic) bond motifs is 1. The Hall–Kier alpha value is -2.07. The molecule has 0 aliphatic carbocycles. The molecule has 1 aromatic heterocycles. The summed E-state index contributed by atoms with van der Waals surface area (Å²) in [5.74, 6) is 0.826. The molecule has 21 heavy (non-hydrogen) atoms. The normalized spacial score (nSPS) is 10.6. The molecule has 3 nitrogen and oxygen atoms in total. The van der Waals surface area contributed by atoms with Gasteiger partial charge in [-0.2, -0.15) is 0 Å². The predicted octanol–water partition coefficient (Wildman–Crippen LogP) is 4.62. The molecule has 0 saturated carbocycles. The van der Waals surface area contributed by atoms with Gasteiger partial charge in [-0.1, -0.05) is 24.3 Å². The Morgan fingerprint density at radius 1 is 1.14 bits per heavy atom. The number of hydrogen-bond acceptors (Lipinski definition) is 3. The predicted molar refractivity (Wildman–Crippen MR) is 89.8 cm³/mol. The Morgan fingerprint density at radius 3 is 2.81 bits per heavy atom. The van der Waals surface area contributed by atoms with Crippen molar-refractivity contribution in [2.24, 2.45) is 0 Å². The second-order valence-corrected chi connectivity index (χ2v) is 5.55. The van der Waals surface area contributed by atoms with Gasteiger partial charge in [0.25, 0.3) is 0 Å². The molecule has 0 fully saturated rings. The third kappa shape index (κ3) is 3.00. The van der Waals surface area contributed by atoms with Crippen LogP contribution in [-0.4, -0.2) is 12.1 Å². The summed E-state index contributed by atoms with van der Waals surface area (Å²) in [7, 11) is 1.66. The van der Waals surface area contributed by atoms with E-state index in [9.17, 15) is 0 Å². The van der Waals surface area contributed by atoms with Crippen molar-refractivity contribution >= 4 is 32.5 Å². The highest BCUT2D eigenvalue weighted by Gasteiger charge is 2.04. The van der Waals surface area contributed by atoms with Gasteiger partial charge in [0.1, 0.15) is 5.75 Å². The summed E-state index contributed by atoms with van der Waals surface area (Å²) in [5.41, 5.74) is 3.26. The number of methoxy groups -OCH3 is 1. The van der Waals surface area contributed by atoms with E-state index < -0.39 is 0 Å². The van der Waals surface area contributed by atoms with E-state index in [0.29, 0.717) is 0 Å². The number of nitrogens with one attached hydrogen (secondary N) is 1.